The van der Waals surface area contributed by atoms with Gasteiger partial charge in [-0.05, 0) is 31.5 Å². The van der Waals surface area contributed by atoms with Gasteiger partial charge in [0.2, 0.25) is 0 Å². The van der Waals surface area contributed by atoms with E-state index in [1.165, 1.54) is 0 Å². The first kappa shape index (κ1) is 12.5. The molecule has 0 aliphatic rings. The fourth-order valence-electron chi connectivity index (χ4n) is 1.43. The average molecular weight is 221 g/mol. The van der Waals surface area contributed by atoms with E-state index in [4.69, 9.17) is 0 Å². The normalized spacial score (nSPS) is 9.94. The number of carbonyl (C=O) groups is 1. The monoisotopic (exact) mass is 221 g/mol. The average Bonchev–Trinajstić information content (AvgIpc) is 2.25. The molecule has 1 amide bonds. The van der Waals surface area contributed by atoms with Crippen molar-refractivity contribution in [3.8, 4) is 0 Å². The van der Waals surface area contributed by atoms with Gasteiger partial charge in [-0.3, -0.25) is 15.6 Å². The number of aryl methyl sites for hydroxylation is 2. The summed E-state index contributed by atoms with van der Waals surface area (Å²) in [6, 6.07) is 6.01. The quantitative estimate of drug-likeness (QED) is 0.658. The molecule has 0 saturated heterocycles. The van der Waals surface area contributed by atoms with Gasteiger partial charge >= 0.3 is 0 Å². The van der Waals surface area contributed by atoms with Gasteiger partial charge in [0.1, 0.15) is 0 Å². The highest BCUT2D eigenvalue weighted by molar-refractivity contribution is 5.79. The minimum absolute atomic E-state index is 0.0653. The van der Waals surface area contributed by atoms with Gasteiger partial charge < -0.3 is 5.32 Å². The van der Waals surface area contributed by atoms with E-state index in [1.807, 2.05) is 39.0 Å². The number of anilines is 1. The first-order valence-corrected chi connectivity index (χ1v) is 5.47. The fraction of sp³-hybridized carbons (Fsp3) is 0.417. The highest BCUT2D eigenvalue weighted by Gasteiger charge is 2.03. The second kappa shape index (κ2) is 6.12. The van der Waals surface area contributed by atoms with Gasteiger partial charge in [-0.2, -0.15) is 0 Å². The molecule has 1 rings (SSSR count). The minimum Gasteiger partial charge on any atom is -0.309 e. The van der Waals surface area contributed by atoms with E-state index >= 15 is 0 Å². The lowest BCUT2D eigenvalue weighted by molar-refractivity contribution is -0.119. The van der Waals surface area contributed by atoms with E-state index < -0.39 is 0 Å². The van der Waals surface area contributed by atoms with Crippen LogP contribution in [0.5, 0.6) is 0 Å². The van der Waals surface area contributed by atoms with Crippen molar-refractivity contribution in [3.05, 3.63) is 29.3 Å². The van der Waals surface area contributed by atoms with Crippen LogP contribution < -0.4 is 16.2 Å². The molecule has 0 heterocycles. The zero-order valence-electron chi connectivity index (χ0n) is 10.1. The SMILES string of the molecule is CCNCC(=O)NNc1c(C)cccc1C. The number of rotatable bonds is 5. The molecule has 0 saturated carbocycles. The van der Waals surface area contributed by atoms with Crippen LogP contribution in [0.4, 0.5) is 5.69 Å². The van der Waals surface area contributed by atoms with Crippen molar-refractivity contribution in [1.29, 1.82) is 0 Å². The maximum absolute atomic E-state index is 11.4. The Bertz CT molecular complexity index is 343. The molecule has 1 aromatic rings. The summed E-state index contributed by atoms with van der Waals surface area (Å²) in [6.07, 6.45) is 0. The van der Waals surface area contributed by atoms with Gasteiger partial charge in [-0.25, -0.2) is 0 Å². The molecule has 0 unspecified atom stereocenters. The lowest BCUT2D eigenvalue weighted by Gasteiger charge is -2.13. The van der Waals surface area contributed by atoms with E-state index in [0.717, 1.165) is 23.4 Å². The Balaban J connectivity index is 2.51. The molecule has 0 radical (unpaired) electrons. The topological polar surface area (TPSA) is 53.2 Å². The first-order valence-electron chi connectivity index (χ1n) is 5.47. The Morgan fingerprint density at radius 1 is 1.25 bits per heavy atom. The summed E-state index contributed by atoms with van der Waals surface area (Å²) in [5.74, 6) is -0.0653. The fourth-order valence-corrected chi connectivity index (χ4v) is 1.43. The smallest absolute Gasteiger partial charge is 0.252 e. The number of likely N-dealkylation sites (N-methyl/N-ethyl adjacent to an activating group) is 1. The van der Waals surface area contributed by atoms with Crippen molar-refractivity contribution >= 4 is 11.6 Å². The van der Waals surface area contributed by atoms with Crippen molar-refractivity contribution in [1.82, 2.24) is 10.7 Å². The Labute approximate surface area is 96.4 Å². The third-order valence-corrected chi connectivity index (χ3v) is 2.34. The van der Waals surface area contributed by atoms with Gasteiger partial charge in [-0.1, -0.05) is 25.1 Å². The molecule has 4 heteroatoms. The third-order valence-electron chi connectivity index (χ3n) is 2.34. The molecule has 16 heavy (non-hydrogen) atoms. The van der Waals surface area contributed by atoms with E-state index in [2.05, 4.69) is 16.2 Å². The Morgan fingerprint density at radius 3 is 2.44 bits per heavy atom. The summed E-state index contributed by atoms with van der Waals surface area (Å²) in [5.41, 5.74) is 8.81. The van der Waals surface area contributed by atoms with Crippen molar-refractivity contribution < 1.29 is 4.79 Å². The largest absolute Gasteiger partial charge is 0.309 e. The molecule has 4 nitrogen and oxygen atoms in total. The second-order valence-electron chi connectivity index (χ2n) is 3.72. The lowest BCUT2D eigenvalue weighted by atomic mass is 10.1. The number of carbonyl (C=O) groups excluding carboxylic acids is 1. The lowest BCUT2D eigenvalue weighted by Crippen LogP contribution is -2.37. The second-order valence-corrected chi connectivity index (χ2v) is 3.72. The van der Waals surface area contributed by atoms with Gasteiger partial charge in [-0.15, -0.1) is 0 Å². The zero-order chi connectivity index (χ0) is 12.0. The third kappa shape index (κ3) is 3.55. The molecular formula is C12H19N3O. The van der Waals surface area contributed by atoms with Crippen molar-refractivity contribution in [2.75, 3.05) is 18.5 Å². The number of hydrazine groups is 1. The molecule has 1 aromatic carbocycles. The molecule has 0 fully saturated rings. The number of amides is 1. The van der Waals surface area contributed by atoms with Gasteiger partial charge in [0.15, 0.2) is 0 Å². The van der Waals surface area contributed by atoms with Crippen LogP contribution in [0.2, 0.25) is 0 Å². The van der Waals surface area contributed by atoms with Gasteiger partial charge in [0.25, 0.3) is 5.91 Å². The van der Waals surface area contributed by atoms with Crippen LogP contribution in [0.3, 0.4) is 0 Å². The zero-order valence-corrected chi connectivity index (χ0v) is 10.1. The molecule has 0 atom stereocenters. The van der Waals surface area contributed by atoms with Crippen LogP contribution >= 0.6 is 0 Å². The van der Waals surface area contributed by atoms with Crippen molar-refractivity contribution in [2.24, 2.45) is 0 Å². The Morgan fingerprint density at radius 2 is 1.88 bits per heavy atom. The summed E-state index contributed by atoms with van der Waals surface area (Å²) < 4.78 is 0. The molecule has 0 aromatic heterocycles. The van der Waals surface area contributed by atoms with E-state index in [-0.39, 0.29) is 5.91 Å². The van der Waals surface area contributed by atoms with Crippen molar-refractivity contribution in [2.45, 2.75) is 20.8 Å². The maximum Gasteiger partial charge on any atom is 0.252 e. The minimum atomic E-state index is -0.0653. The highest BCUT2D eigenvalue weighted by atomic mass is 16.2. The molecule has 3 N–H and O–H groups in total. The molecule has 0 aliphatic heterocycles. The molecule has 0 aliphatic carbocycles. The number of hydrogen-bond donors (Lipinski definition) is 3. The van der Waals surface area contributed by atoms with Crippen LogP contribution in [0.25, 0.3) is 0 Å². The van der Waals surface area contributed by atoms with Gasteiger partial charge in [0.05, 0.1) is 12.2 Å². The summed E-state index contributed by atoms with van der Waals surface area (Å²) in [7, 11) is 0. The number of hydrogen-bond acceptors (Lipinski definition) is 3. The predicted octanol–water partition coefficient (Wildman–Crippen LogP) is 1.36. The highest BCUT2D eigenvalue weighted by Crippen LogP contribution is 2.17. The predicted molar refractivity (Wildman–Crippen MR) is 66.2 cm³/mol. The van der Waals surface area contributed by atoms with E-state index in [9.17, 15) is 4.79 Å². The van der Waals surface area contributed by atoms with Crippen LogP contribution in [0, 0.1) is 13.8 Å². The number of nitrogens with one attached hydrogen (secondary N) is 3. The van der Waals surface area contributed by atoms with E-state index in [0.29, 0.717) is 6.54 Å². The molecule has 0 spiro atoms. The van der Waals surface area contributed by atoms with Crippen LogP contribution in [0.1, 0.15) is 18.1 Å². The van der Waals surface area contributed by atoms with E-state index in [1.54, 1.807) is 0 Å². The first-order chi connectivity index (χ1) is 7.65. The summed E-state index contributed by atoms with van der Waals surface area (Å²) in [5, 5.41) is 2.96. The van der Waals surface area contributed by atoms with Crippen LogP contribution in [-0.4, -0.2) is 19.0 Å². The number of para-hydroxylation sites is 1. The Hall–Kier alpha value is -1.55. The molecule has 0 bridgehead atoms. The molecule has 88 valence electrons. The number of benzene rings is 1. The van der Waals surface area contributed by atoms with Gasteiger partial charge in [0, 0.05) is 0 Å². The summed E-state index contributed by atoms with van der Waals surface area (Å²) >= 11 is 0. The maximum atomic E-state index is 11.4. The Kier molecular flexibility index (Phi) is 4.79. The molecular weight excluding hydrogens is 202 g/mol. The van der Waals surface area contributed by atoms with Crippen LogP contribution in [-0.2, 0) is 4.79 Å². The standard InChI is InChI=1S/C12H19N3O/c1-4-13-8-11(16)14-15-12-9(2)6-5-7-10(12)3/h5-7,13,15H,4,8H2,1-3H3,(H,14,16). The van der Waals surface area contributed by atoms with Crippen molar-refractivity contribution in [3.63, 3.8) is 0 Å². The summed E-state index contributed by atoms with van der Waals surface area (Å²) in [6.45, 7) is 7.09. The van der Waals surface area contributed by atoms with Crippen LogP contribution in [0.15, 0.2) is 18.2 Å². The summed E-state index contributed by atoms with van der Waals surface area (Å²) in [4.78, 5) is 11.4.